The van der Waals surface area contributed by atoms with Crippen molar-refractivity contribution in [2.45, 2.75) is 38.6 Å². The predicted molar refractivity (Wildman–Crippen MR) is 73.6 cm³/mol. The van der Waals surface area contributed by atoms with Gasteiger partial charge in [0.15, 0.2) is 0 Å². The third-order valence-corrected chi connectivity index (χ3v) is 3.90. The highest BCUT2D eigenvalue weighted by Gasteiger charge is 2.26. The lowest BCUT2D eigenvalue weighted by atomic mass is 9.81. The van der Waals surface area contributed by atoms with Crippen molar-refractivity contribution in [3.8, 4) is 0 Å². The Bertz CT molecular complexity index is 492. The molecule has 3 rings (SSSR count). The van der Waals surface area contributed by atoms with Crippen LogP contribution in [0.15, 0.2) is 12.1 Å². The summed E-state index contributed by atoms with van der Waals surface area (Å²) < 4.78 is 0. The number of hydrogen-bond donors (Lipinski definition) is 3. The number of anilines is 3. The van der Waals surface area contributed by atoms with Crippen molar-refractivity contribution in [2.75, 3.05) is 16.4 Å². The van der Waals surface area contributed by atoms with E-state index in [2.05, 4.69) is 23.6 Å². The number of aryl methyl sites for hydroxylation is 1. The van der Waals surface area contributed by atoms with Crippen molar-refractivity contribution < 1.29 is 4.79 Å². The molecule has 1 fully saturated rings. The van der Waals surface area contributed by atoms with Crippen LogP contribution in [0.5, 0.6) is 0 Å². The van der Waals surface area contributed by atoms with Crippen molar-refractivity contribution in [3.63, 3.8) is 0 Å². The van der Waals surface area contributed by atoms with Crippen LogP contribution in [0.25, 0.3) is 0 Å². The maximum absolute atomic E-state index is 11.3. The van der Waals surface area contributed by atoms with E-state index in [4.69, 9.17) is 5.73 Å². The zero-order valence-electron chi connectivity index (χ0n) is 10.6. The summed E-state index contributed by atoms with van der Waals surface area (Å²) in [7, 11) is 0. The molecule has 4 nitrogen and oxygen atoms in total. The first-order chi connectivity index (χ1) is 8.61. The van der Waals surface area contributed by atoms with E-state index in [1.54, 1.807) is 0 Å². The molecule has 0 atom stereocenters. The highest BCUT2D eigenvalue weighted by molar-refractivity contribution is 5.95. The van der Waals surface area contributed by atoms with Gasteiger partial charge < -0.3 is 16.4 Å². The molecule has 1 saturated carbocycles. The average molecular weight is 245 g/mol. The van der Waals surface area contributed by atoms with Gasteiger partial charge in [-0.1, -0.05) is 6.92 Å². The Hall–Kier alpha value is -1.71. The van der Waals surface area contributed by atoms with Crippen LogP contribution in [0.4, 0.5) is 17.1 Å². The van der Waals surface area contributed by atoms with Crippen LogP contribution >= 0.6 is 0 Å². The molecular formula is C14H19N3O. The highest BCUT2D eigenvalue weighted by atomic mass is 16.1. The molecule has 1 aliphatic carbocycles. The second-order valence-electron chi connectivity index (χ2n) is 5.56. The predicted octanol–water partition coefficient (Wildman–Crippen LogP) is 2.36. The summed E-state index contributed by atoms with van der Waals surface area (Å²) in [6.07, 6.45) is 3.80. The zero-order valence-corrected chi connectivity index (χ0v) is 10.6. The van der Waals surface area contributed by atoms with E-state index in [-0.39, 0.29) is 5.91 Å². The number of rotatable bonds is 2. The minimum Gasteiger partial charge on any atom is -0.397 e. The summed E-state index contributed by atoms with van der Waals surface area (Å²) in [6.45, 7) is 2.27. The number of nitrogen functional groups attached to an aromatic ring is 1. The number of benzene rings is 1. The average Bonchev–Trinajstić information content (AvgIpc) is 2.28. The standard InChI is InChI=1S/C14H19N3O/c1-8-4-10(5-8)16-13-6-9-2-3-14(18)17-12(9)7-11(13)15/h6-8,10,16H,2-5,15H2,1H3,(H,17,18). The van der Waals surface area contributed by atoms with Gasteiger partial charge in [-0.15, -0.1) is 0 Å². The van der Waals surface area contributed by atoms with E-state index in [1.807, 2.05) is 6.07 Å². The van der Waals surface area contributed by atoms with Crippen LogP contribution in [0, 0.1) is 5.92 Å². The molecule has 4 heteroatoms. The van der Waals surface area contributed by atoms with Gasteiger partial charge in [-0.25, -0.2) is 0 Å². The van der Waals surface area contributed by atoms with Gasteiger partial charge >= 0.3 is 0 Å². The molecule has 0 spiro atoms. The van der Waals surface area contributed by atoms with E-state index < -0.39 is 0 Å². The van der Waals surface area contributed by atoms with Crippen molar-refractivity contribution in [1.82, 2.24) is 0 Å². The maximum Gasteiger partial charge on any atom is 0.224 e. The maximum atomic E-state index is 11.3. The summed E-state index contributed by atoms with van der Waals surface area (Å²) >= 11 is 0. The fraction of sp³-hybridized carbons (Fsp3) is 0.500. The smallest absolute Gasteiger partial charge is 0.224 e. The first-order valence-electron chi connectivity index (χ1n) is 6.60. The van der Waals surface area contributed by atoms with Crippen LogP contribution in [0.1, 0.15) is 31.7 Å². The summed E-state index contributed by atoms with van der Waals surface area (Å²) in [4.78, 5) is 11.3. The highest BCUT2D eigenvalue weighted by Crippen LogP contribution is 2.35. The number of hydrogen-bond acceptors (Lipinski definition) is 3. The summed E-state index contributed by atoms with van der Waals surface area (Å²) in [5.74, 6) is 0.899. The summed E-state index contributed by atoms with van der Waals surface area (Å²) in [6, 6.07) is 4.52. The van der Waals surface area contributed by atoms with Crippen LogP contribution < -0.4 is 16.4 Å². The van der Waals surface area contributed by atoms with Crippen molar-refractivity contribution in [3.05, 3.63) is 17.7 Å². The van der Waals surface area contributed by atoms with E-state index in [1.165, 1.54) is 18.4 Å². The van der Waals surface area contributed by atoms with Gasteiger partial charge in [0.05, 0.1) is 11.4 Å². The minimum absolute atomic E-state index is 0.0791. The molecule has 0 saturated heterocycles. The van der Waals surface area contributed by atoms with Crippen LogP contribution in [-0.4, -0.2) is 11.9 Å². The molecule has 1 aliphatic heterocycles. The summed E-state index contributed by atoms with van der Waals surface area (Å²) in [5.41, 5.74) is 9.82. The van der Waals surface area contributed by atoms with Gasteiger partial charge in [-0.2, -0.15) is 0 Å². The molecule has 18 heavy (non-hydrogen) atoms. The number of amides is 1. The fourth-order valence-electron chi connectivity index (χ4n) is 2.81. The molecular weight excluding hydrogens is 226 g/mol. The largest absolute Gasteiger partial charge is 0.397 e. The first-order valence-corrected chi connectivity index (χ1v) is 6.60. The Kier molecular flexibility index (Phi) is 2.65. The molecule has 0 unspecified atom stereocenters. The second kappa shape index (κ2) is 4.19. The Morgan fingerprint density at radius 1 is 1.33 bits per heavy atom. The van der Waals surface area contributed by atoms with Crippen LogP contribution in [0.2, 0.25) is 0 Å². The van der Waals surface area contributed by atoms with E-state index >= 15 is 0 Å². The fourth-order valence-corrected chi connectivity index (χ4v) is 2.81. The Morgan fingerprint density at radius 3 is 2.83 bits per heavy atom. The third-order valence-electron chi connectivity index (χ3n) is 3.90. The van der Waals surface area contributed by atoms with Gasteiger partial charge in [0.25, 0.3) is 0 Å². The Labute approximate surface area is 107 Å². The second-order valence-corrected chi connectivity index (χ2v) is 5.56. The molecule has 4 N–H and O–H groups in total. The number of fused-ring (bicyclic) bond motifs is 1. The monoisotopic (exact) mass is 245 g/mol. The van der Waals surface area contributed by atoms with Crippen molar-refractivity contribution >= 4 is 23.0 Å². The zero-order chi connectivity index (χ0) is 12.7. The molecule has 0 radical (unpaired) electrons. The molecule has 96 valence electrons. The molecule has 0 bridgehead atoms. The molecule has 1 heterocycles. The van der Waals surface area contributed by atoms with Crippen LogP contribution in [-0.2, 0) is 11.2 Å². The number of nitrogens with two attached hydrogens (primary N) is 1. The van der Waals surface area contributed by atoms with Gasteiger partial charge in [-0.3, -0.25) is 4.79 Å². The van der Waals surface area contributed by atoms with Gasteiger partial charge in [0.1, 0.15) is 0 Å². The Balaban J connectivity index is 1.81. The summed E-state index contributed by atoms with van der Waals surface area (Å²) in [5, 5.41) is 6.37. The topological polar surface area (TPSA) is 67.2 Å². The van der Waals surface area contributed by atoms with Crippen molar-refractivity contribution in [1.29, 1.82) is 0 Å². The van der Waals surface area contributed by atoms with E-state index in [9.17, 15) is 4.79 Å². The molecule has 1 aromatic rings. The normalized spacial score (nSPS) is 25.9. The lowest BCUT2D eigenvalue weighted by molar-refractivity contribution is -0.116. The molecule has 1 aromatic carbocycles. The lowest BCUT2D eigenvalue weighted by Crippen LogP contribution is -2.34. The first kappa shape index (κ1) is 11.4. The van der Waals surface area contributed by atoms with Crippen LogP contribution in [0.3, 0.4) is 0 Å². The van der Waals surface area contributed by atoms with E-state index in [0.717, 1.165) is 29.4 Å². The Morgan fingerprint density at radius 2 is 2.11 bits per heavy atom. The van der Waals surface area contributed by atoms with Gasteiger partial charge in [0, 0.05) is 18.2 Å². The van der Waals surface area contributed by atoms with E-state index in [0.29, 0.717) is 12.5 Å². The number of carbonyl (C=O) groups excluding carboxylic acids is 1. The third kappa shape index (κ3) is 2.03. The number of nitrogens with one attached hydrogen (secondary N) is 2. The SMILES string of the molecule is CC1CC(Nc2cc3c(cc2N)NC(=O)CC3)C1. The number of carbonyl (C=O) groups is 1. The molecule has 1 amide bonds. The van der Waals surface area contributed by atoms with Gasteiger partial charge in [0.2, 0.25) is 5.91 Å². The molecule has 0 aromatic heterocycles. The van der Waals surface area contributed by atoms with Crippen molar-refractivity contribution in [2.24, 2.45) is 5.92 Å². The van der Waals surface area contributed by atoms with Gasteiger partial charge in [-0.05, 0) is 42.9 Å². The minimum atomic E-state index is 0.0791. The lowest BCUT2D eigenvalue weighted by Gasteiger charge is -2.34. The molecule has 2 aliphatic rings. The quantitative estimate of drug-likeness (QED) is 0.701.